The highest BCUT2D eigenvalue weighted by atomic mass is 35.5. The fourth-order valence-electron chi connectivity index (χ4n) is 4.87. The molecule has 4 heterocycles. The predicted molar refractivity (Wildman–Crippen MR) is 129 cm³/mol. The first-order valence-electron chi connectivity index (χ1n) is 11.9. The lowest BCUT2D eigenvalue weighted by molar-refractivity contribution is 0.0486. The summed E-state index contributed by atoms with van der Waals surface area (Å²) in [5.41, 5.74) is 1.02. The summed E-state index contributed by atoms with van der Waals surface area (Å²) < 4.78 is 35.3. The Labute approximate surface area is 207 Å². The molecule has 2 aliphatic heterocycles. The van der Waals surface area contributed by atoms with Crippen LogP contribution in [0.1, 0.15) is 34.6 Å². The first-order chi connectivity index (χ1) is 16.9. The number of aromatic nitrogens is 2. The second-order valence-electron chi connectivity index (χ2n) is 9.16. The van der Waals surface area contributed by atoms with Gasteiger partial charge in [-0.2, -0.15) is 0 Å². The Kier molecular flexibility index (Phi) is 6.91. The average molecular weight is 504 g/mol. The van der Waals surface area contributed by atoms with E-state index >= 15 is 0 Å². The molecule has 0 aliphatic carbocycles. The van der Waals surface area contributed by atoms with Crippen molar-refractivity contribution in [2.75, 3.05) is 39.3 Å². The zero-order valence-electron chi connectivity index (χ0n) is 19.6. The summed E-state index contributed by atoms with van der Waals surface area (Å²) in [6, 6.07) is 5.80. The van der Waals surface area contributed by atoms with Gasteiger partial charge in [-0.05, 0) is 45.0 Å². The van der Waals surface area contributed by atoms with E-state index in [-0.39, 0.29) is 23.8 Å². The molecule has 0 spiro atoms. The van der Waals surface area contributed by atoms with Gasteiger partial charge in [0.05, 0.1) is 16.3 Å². The summed E-state index contributed by atoms with van der Waals surface area (Å²) >= 11 is 6.27. The maximum Gasteiger partial charge on any atom is 0.270 e. The maximum absolute atomic E-state index is 14.0. The van der Waals surface area contributed by atoms with Crippen LogP contribution in [0.5, 0.6) is 5.75 Å². The SMILES string of the molecule is Cc1nc2c(OCc3c(F)cccc3F)cc(Cl)cn2c1C(=O)NCCN1CC(N2CCCC2)C1. The van der Waals surface area contributed by atoms with Crippen molar-refractivity contribution in [2.45, 2.75) is 32.4 Å². The fourth-order valence-corrected chi connectivity index (χ4v) is 5.07. The average Bonchev–Trinajstić information content (AvgIpc) is 3.42. The lowest BCUT2D eigenvalue weighted by Gasteiger charge is -2.44. The number of carbonyl (C=O) groups is 1. The number of nitrogens with zero attached hydrogens (tertiary/aromatic N) is 4. The number of nitrogens with one attached hydrogen (secondary N) is 1. The highest BCUT2D eigenvalue weighted by Crippen LogP contribution is 2.28. The van der Waals surface area contributed by atoms with Gasteiger partial charge in [0, 0.05) is 44.5 Å². The second-order valence-corrected chi connectivity index (χ2v) is 9.60. The predicted octanol–water partition coefficient (Wildman–Crippen LogP) is 3.66. The molecule has 0 bridgehead atoms. The Morgan fingerprint density at radius 1 is 1.23 bits per heavy atom. The smallest absolute Gasteiger partial charge is 0.270 e. The van der Waals surface area contributed by atoms with Crippen molar-refractivity contribution in [3.63, 3.8) is 0 Å². The van der Waals surface area contributed by atoms with Crippen LogP contribution in [0.15, 0.2) is 30.5 Å². The number of amides is 1. The highest BCUT2D eigenvalue weighted by molar-refractivity contribution is 6.30. The minimum atomic E-state index is -0.698. The standard InChI is InChI=1S/C25H28ClF2N5O2/c1-16-23(25(34)29-7-10-31-13-18(14-31)32-8-2-3-9-32)33-12-17(26)11-22(24(33)30-16)35-15-19-20(27)5-4-6-21(19)28/h4-6,11-12,18H,2-3,7-10,13-15H2,1H3,(H,29,34). The van der Waals surface area contributed by atoms with Gasteiger partial charge in [-0.25, -0.2) is 13.8 Å². The van der Waals surface area contributed by atoms with Crippen molar-refractivity contribution in [1.29, 1.82) is 0 Å². The van der Waals surface area contributed by atoms with Crippen LogP contribution in [-0.4, -0.2) is 70.4 Å². The lowest BCUT2D eigenvalue weighted by atomic mass is 10.1. The zero-order chi connectivity index (χ0) is 24.5. The summed E-state index contributed by atoms with van der Waals surface area (Å²) in [7, 11) is 0. The minimum Gasteiger partial charge on any atom is -0.485 e. The number of imidazole rings is 1. The number of halogens is 3. The molecule has 1 aromatic carbocycles. The van der Waals surface area contributed by atoms with E-state index in [4.69, 9.17) is 16.3 Å². The number of likely N-dealkylation sites (tertiary alicyclic amines) is 2. The van der Waals surface area contributed by atoms with Crippen LogP contribution in [0.25, 0.3) is 5.65 Å². The minimum absolute atomic E-state index is 0.190. The van der Waals surface area contributed by atoms with Crippen LogP contribution in [0, 0.1) is 18.6 Å². The van der Waals surface area contributed by atoms with Crippen molar-refractivity contribution in [3.05, 3.63) is 64.1 Å². The van der Waals surface area contributed by atoms with E-state index in [1.54, 1.807) is 17.5 Å². The largest absolute Gasteiger partial charge is 0.485 e. The molecule has 35 heavy (non-hydrogen) atoms. The molecule has 0 radical (unpaired) electrons. The number of rotatable bonds is 8. The molecule has 1 N–H and O–H groups in total. The summed E-state index contributed by atoms with van der Waals surface area (Å²) in [6.07, 6.45) is 4.17. The number of ether oxygens (including phenoxy) is 1. The third-order valence-corrected chi connectivity index (χ3v) is 6.99. The number of carbonyl (C=O) groups excluding carboxylic acids is 1. The Morgan fingerprint density at radius 3 is 2.66 bits per heavy atom. The molecule has 2 fully saturated rings. The molecule has 1 amide bonds. The molecule has 2 saturated heterocycles. The van der Waals surface area contributed by atoms with E-state index in [1.165, 1.54) is 50.2 Å². The van der Waals surface area contributed by atoms with E-state index in [0.717, 1.165) is 19.6 Å². The van der Waals surface area contributed by atoms with Gasteiger partial charge in [-0.3, -0.25) is 19.0 Å². The molecule has 10 heteroatoms. The zero-order valence-corrected chi connectivity index (χ0v) is 20.3. The number of aryl methyl sites for hydroxylation is 1. The Hall–Kier alpha value is -2.75. The Balaban J connectivity index is 1.24. The quantitative estimate of drug-likeness (QED) is 0.508. The summed E-state index contributed by atoms with van der Waals surface area (Å²) in [4.78, 5) is 22.4. The molecule has 0 atom stereocenters. The molecule has 2 aromatic heterocycles. The topological polar surface area (TPSA) is 62.1 Å². The fraction of sp³-hybridized carbons (Fsp3) is 0.440. The summed E-state index contributed by atoms with van der Waals surface area (Å²) in [5, 5.41) is 3.28. The van der Waals surface area contributed by atoms with Gasteiger partial charge in [-0.15, -0.1) is 0 Å². The van der Waals surface area contributed by atoms with Crippen molar-refractivity contribution in [2.24, 2.45) is 0 Å². The van der Waals surface area contributed by atoms with Gasteiger partial charge in [0.1, 0.15) is 23.9 Å². The van der Waals surface area contributed by atoms with E-state index in [0.29, 0.717) is 34.6 Å². The number of fused-ring (bicyclic) bond motifs is 1. The number of pyridine rings is 1. The number of hydrogen-bond donors (Lipinski definition) is 1. The molecule has 2 aliphatic rings. The van der Waals surface area contributed by atoms with E-state index in [9.17, 15) is 13.6 Å². The van der Waals surface area contributed by atoms with Gasteiger partial charge >= 0.3 is 0 Å². The van der Waals surface area contributed by atoms with Gasteiger partial charge < -0.3 is 10.1 Å². The van der Waals surface area contributed by atoms with Gasteiger partial charge in [0.25, 0.3) is 5.91 Å². The molecule has 0 unspecified atom stereocenters. The van der Waals surface area contributed by atoms with Crippen molar-refractivity contribution in [1.82, 2.24) is 24.5 Å². The first kappa shape index (κ1) is 24.0. The van der Waals surface area contributed by atoms with Crippen LogP contribution in [-0.2, 0) is 6.61 Å². The Bertz CT molecular complexity index is 1220. The normalized spacial score (nSPS) is 17.1. The molecule has 5 rings (SSSR count). The monoisotopic (exact) mass is 503 g/mol. The maximum atomic E-state index is 14.0. The van der Waals surface area contributed by atoms with E-state index in [1.807, 2.05) is 0 Å². The molecular weight excluding hydrogens is 476 g/mol. The first-order valence-corrected chi connectivity index (χ1v) is 12.3. The molecule has 186 valence electrons. The molecule has 3 aromatic rings. The van der Waals surface area contributed by atoms with Gasteiger partial charge in [0.15, 0.2) is 11.4 Å². The number of hydrogen-bond acceptors (Lipinski definition) is 5. The van der Waals surface area contributed by atoms with E-state index in [2.05, 4.69) is 20.1 Å². The third kappa shape index (κ3) is 4.98. The third-order valence-electron chi connectivity index (χ3n) is 6.78. The second kappa shape index (κ2) is 10.1. The van der Waals surface area contributed by atoms with Crippen molar-refractivity contribution in [3.8, 4) is 5.75 Å². The lowest BCUT2D eigenvalue weighted by Crippen LogP contribution is -2.59. The van der Waals surface area contributed by atoms with Crippen LogP contribution in [0.2, 0.25) is 5.02 Å². The van der Waals surface area contributed by atoms with Crippen LogP contribution < -0.4 is 10.1 Å². The highest BCUT2D eigenvalue weighted by Gasteiger charge is 2.32. The molecule has 0 saturated carbocycles. The van der Waals surface area contributed by atoms with Gasteiger partial charge in [0.2, 0.25) is 0 Å². The van der Waals surface area contributed by atoms with Gasteiger partial charge in [-0.1, -0.05) is 17.7 Å². The van der Waals surface area contributed by atoms with E-state index < -0.39 is 11.6 Å². The van der Waals surface area contributed by atoms with Crippen molar-refractivity contribution >= 4 is 23.2 Å². The Morgan fingerprint density at radius 2 is 1.94 bits per heavy atom. The number of benzene rings is 1. The van der Waals surface area contributed by atoms with Crippen molar-refractivity contribution < 1.29 is 18.3 Å². The summed E-state index contributed by atoms with van der Waals surface area (Å²) in [6.45, 7) is 7.19. The summed E-state index contributed by atoms with van der Waals surface area (Å²) in [5.74, 6) is -1.43. The molecular formula is C25H28ClF2N5O2. The molecule has 7 nitrogen and oxygen atoms in total. The van der Waals surface area contributed by atoms with Crippen LogP contribution in [0.3, 0.4) is 0 Å². The van der Waals surface area contributed by atoms with Crippen LogP contribution >= 0.6 is 11.6 Å². The van der Waals surface area contributed by atoms with Crippen LogP contribution in [0.4, 0.5) is 8.78 Å².